The monoisotopic (exact) mass is 450 g/mol. The van der Waals surface area contributed by atoms with Crippen LogP contribution >= 0.6 is 15.9 Å². The van der Waals surface area contributed by atoms with E-state index < -0.39 is 10.0 Å². The molecule has 0 aromatic heterocycles. The van der Waals surface area contributed by atoms with Gasteiger partial charge in [-0.1, -0.05) is 34.5 Å². The Morgan fingerprint density at radius 2 is 1.74 bits per heavy atom. The first-order valence-corrected chi connectivity index (χ1v) is 11.2. The molecule has 3 rings (SSSR count). The van der Waals surface area contributed by atoms with Crippen LogP contribution in [0.1, 0.15) is 30.4 Å². The van der Waals surface area contributed by atoms with E-state index in [1.807, 2.05) is 25.1 Å². The molecule has 1 fully saturated rings. The van der Waals surface area contributed by atoms with E-state index in [4.69, 9.17) is 0 Å². The van der Waals surface area contributed by atoms with E-state index >= 15 is 0 Å². The predicted octanol–water partition coefficient (Wildman–Crippen LogP) is 4.11. The number of carbonyl (C=O) groups excluding carboxylic acids is 1. The number of hydrogen-bond acceptors (Lipinski definition) is 3. The van der Waals surface area contributed by atoms with Gasteiger partial charge in [0.25, 0.3) is 0 Å². The third-order valence-electron chi connectivity index (χ3n) is 4.70. The molecule has 0 saturated carbocycles. The number of benzene rings is 2. The Morgan fingerprint density at radius 3 is 2.37 bits per heavy atom. The Labute approximate surface area is 169 Å². The minimum Gasteiger partial charge on any atom is -0.326 e. The minimum absolute atomic E-state index is 0.132. The minimum atomic E-state index is -3.44. The SMILES string of the molecule is Cc1cc(Br)ccc1NC(=O)Cc1ccc(S(=O)(=O)N2CCCCC2)cc1. The van der Waals surface area contributed by atoms with Crippen LogP contribution in [0.15, 0.2) is 51.8 Å². The van der Waals surface area contributed by atoms with Crippen LogP contribution in [-0.2, 0) is 21.2 Å². The zero-order valence-electron chi connectivity index (χ0n) is 15.2. The first-order chi connectivity index (χ1) is 12.9. The summed E-state index contributed by atoms with van der Waals surface area (Å²) in [6, 6.07) is 12.3. The van der Waals surface area contributed by atoms with Crippen molar-refractivity contribution in [2.24, 2.45) is 0 Å². The Kier molecular flexibility index (Phi) is 6.34. The summed E-state index contributed by atoms with van der Waals surface area (Å²) >= 11 is 3.40. The van der Waals surface area contributed by atoms with Gasteiger partial charge < -0.3 is 5.32 Å². The number of rotatable bonds is 5. The molecule has 2 aromatic carbocycles. The Hall–Kier alpha value is -1.70. The van der Waals surface area contributed by atoms with Gasteiger partial charge in [-0.25, -0.2) is 8.42 Å². The van der Waals surface area contributed by atoms with E-state index in [9.17, 15) is 13.2 Å². The topological polar surface area (TPSA) is 66.5 Å². The van der Waals surface area contributed by atoms with Gasteiger partial charge in [0.15, 0.2) is 0 Å². The van der Waals surface area contributed by atoms with Gasteiger partial charge >= 0.3 is 0 Å². The molecule has 1 aliphatic rings. The van der Waals surface area contributed by atoms with Gasteiger partial charge in [-0.05, 0) is 61.2 Å². The highest BCUT2D eigenvalue weighted by Gasteiger charge is 2.25. The summed E-state index contributed by atoms with van der Waals surface area (Å²) in [6.45, 7) is 3.10. The van der Waals surface area contributed by atoms with Gasteiger partial charge in [0.2, 0.25) is 15.9 Å². The summed E-state index contributed by atoms with van der Waals surface area (Å²) in [4.78, 5) is 12.6. The van der Waals surface area contributed by atoms with Gasteiger partial charge in [-0.2, -0.15) is 4.31 Å². The molecule has 1 aliphatic heterocycles. The van der Waals surface area contributed by atoms with Crippen LogP contribution in [0.3, 0.4) is 0 Å². The van der Waals surface area contributed by atoms with E-state index in [0.717, 1.165) is 40.5 Å². The molecule has 5 nitrogen and oxygen atoms in total. The predicted molar refractivity (Wildman–Crippen MR) is 110 cm³/mol. The summed E-state index contributed by atoms with van der Waals surface area (Å²) in [5.41, 5.74) is 2.52. The van der Waals surface area contributed by atoms with Crippen molar-refractivity contribution in [3.05, 3.63) is 58.1 Å². The van der Waals surface area contributed by atoms with Gasteiger partial charge in [0.1, 0.15) is 0 Å². The molecule has 2 aromatic rings. The van der Waals surface area contributed by atoms with E-state index in [-0.39, 0.29) is 17.2 Å². The Morgan fingerprint density at radius 1 is 1.07 bits per heavy atom. The number of piperidine rings is 1. The van der Waals surface area contributed by atoms with Crippen LogP contribution in [0.25, 0.3) is 0 Å². The molecule has 0 unspecified atom stereocenters. The average molecular weight is 451 g/mol. The molecule has 27 heavy (non-hydrogen) atoms. The molecule has 1 amide bonds. The Bertz CT molecular complexity index is 921. The molecule has 7 heteroatoms. The molecule has 144 valence electrons. The lowest BCUT2D eigenvalue weighted by Crippen LogP contribution is -2.35. The summed E-state index contributed by atoms with van der Waals surface area (Å²) in [5, 5.41) is 2.90. The molecule has 1 heterocycles. The lowest BCUT2D eigenvalue weighted by molar-refractivity contribution is -0.115. The number of anilines is 1. The zero-order valence-corrected chi connectivity index (χ0v) is 17.6. The maximum Gasteiger partial charge on any atom is 0.243 e. The summed E-state index contributed by atoms with van der Waals surface area (Å²) in [5.74, 6) is -0.132. The average Bonchev–Trinajstić information content (AvgIpc) is 2.65. The fraction of sp³-hybridized carbons (Fsp3) is 0.350. The fourth-order valence-corrected chi connectivity index (χ4v) is 5.17. The van der Waals surface area contributed by atoms with Crippen molar-refractivity contribution in [1.82, 2.24) is 4.31 Å². The van der Waals surface area contributed by atoms with Gasteiger partial charge in [-0.3, -0.25) is 4.79 Å². The van der Waals surface area contributed by atoms with E-state index in [1.54, 1.807) is 28.6 Å². The lowest BCUT2D eigenvalue weighted by Gasteiger charge is -2.25. The largest absolute Gasteiger partial charge is 0.326 e. The number of hydrogen-bond donors (Lipinski definition) is 1. The van der Waals surface area contributed by atoms with Crippen molar-refractivity contribution in [2.45, 2.75) is 37.5 Å². The second-order valence-electron chi connectivity index (χ2n) is 6.79. The lowest BCUT2D eigenvalue weighted by atomic mass is 10.1. The second-order valence-corrected chi connectivity index (χ2v) is 9.65. The molecular weight excluding hydrogens is 428 g/mol. The number of sulfonamides is 1. The van der Waals surface area contributed by atoms with Crippen molar-refractivity contribution < 1.29 is 13.2 Å². The third-order valence-corrected chi connectivity index (χ3v) is 7.11. The number of nitrogens with zero attached hydrogens (tertiary/aromatic N) is 1. The van der Waals surface area contributed by atoms with E-state index in [1.165, 1.54) is 0 Å². The van der Waals surface area contributed by atoms with E-state index in [0.29, 0.717) is 13.1 Å². The van der Waals surface area contributed by atoms with Crippen molar-refractivity contribution in [3.8, 4) is 0 Å². The normalized spacial score (nSPS) is 15.5. The summed E-state index contributed by atoms with van der Waals surface area (Å²) in [6.07, 6.45) is 3.09. The van der Waals surface area contributed by atoms with Crippen LogP contribution in [0.2, 0.25) is 0 Å². The second kappa shape index (κ2) is 8.54. The van der Waals surface area contributed by atoms with Crippen LogP contribution < -0.4 is 5.32 Å². The molecule has 0 spiro atoms. The smallest absolute Gasteiger partial charge is 0.243 e. The molecule has 0 radical (unpaired) electrons. The van der Waals surface area contributed by atoms with Gasteiger partial charge in [-0.15, -0.1) is 0 Å². The number of halogens is 1. The zero-order chi connectivity index (χ0) is 19.4. The standard InChI is InChI=1S/C20H23BrN2O3S/c1-15-13-17(21)7-10-19(15)22-20(24)14-16-5-8-18(9-6-16)27(25,26)23-11-3-2-4-12-23/h5-10,13H,2-4,11-12,14H2,1H3,(H,22,24). The highest BCUT2D eigenvalue weighted by atomic mass is 79.9. The van der Waals surface area contributed by atoms with Crippen LogP contribution in [-0.4, -0.2) is 31.7 Å². The maximum atomic E-state index is 12.7. The fourth-order valence-electron chi connectivity index (χ4n) is 3.18. The summed E-state index contributed by atoms with van der Waals surface area (Å²) < 4.78 is 27.9. The first kappa shape index (κ1) is 20.0. The molecule has 0 bridgehead atoms. The van der Waals surface area contributed by atoms with Gasteiger partial charge in [0, 0.05) is 23.2 Å². The third kappa shape index (κ3) is 4.97. The number of aryl methyl sites for hydroxylation is 1. The molecule has 0 aliphatic carbocycles. The van der Waals surface area contributed by atoms with E-state index in [2.05, 4.69) is 21.2 Å². The molecule has 0 atom stereocenters. The van der Waals surface area contributed by atoms with Crippen LogP contribution in [0, 0.1) is 6.92 Å². The van der Waals surface area contributed by atoms with Crippen LogP contribution in [0.4, 0.5) is 5.69 Å². The number of nitrogens with one attached hydrogen (secondary N) is 1. The molecule has 1 saturated heterocycles. The van der Waals surface area contributed by atoms with Crippen molar-refractivity contribution in [1.29, 1.82) is 0 Å². The highest BCUT2D eigenvalue weighted by molar-refractivity contribution is 9.10. The maximum absolute atomic E-state index is 12.7. The van der Waals surface area contributed by atoms with Gasteiger partial charge in [0.05, 0.1) is 11.3 Å². The molecule has 1 N–H and O–H groups in total. The summed E-state index contributed by atoms with van der Waals surface area (Å²) in [7, 11) is -3.44. The molecular formula is C20H23BrN2O3S. The first-order valence-electron chi connectivity index (χ1n) is 9.01. The Balaban J connectivity index is 1.65. The van der Waals surface area contributed by atoms with Crippen molar-refractivity contribution in [2.75, 3.05) is 18.4 Å². The number of carbonyl (C=O) groups is 1. The van der Waals surface area contributed by atoms with Crippen molar-refractivity contribution in [3.63, 3.8) is 0 Å². The number of amides is 1. The highest BCUT2D eigenvalue weighted by Crippen LogP contribution is 2.22. The van der Waals surface area contributed by atoms with Crippen molar-refractivity contribution >= 4 is 37.5 Å². The quantitative estimate of drug-likeness (QED) is 0.744. The van der Waals surface area contributed by atoms with Crippen LogP contribution in [0.5, 0.6) is 0 Å².